The minimum Gasteiger partial charge on any atom is -0.486 e. The van der Waals surface area contributed by atoms with E-state index < -0.39 is 134 Å². The van der Waals surface area contributed by atoms with E-state index >= 15 is 26.3 Å². The van der Waals surface area contributed by atoms with Crippen molar-refractivity contribution >= 4 is 46.3 Å². The number of halogens is 6. The van der Waals surface area contributed by atoms with Gasteiger partial charge in [0, 0.05) is 11.1 Å². The predicted molar refractivity (Wildman–Crippen MR) is 210 cm³/mol. The van der Waals surface area contributed by atoms with Gasteiger partial charge in [-0.15, -0.1) is 0 Å². The Morgan fingerprint density at radius 3 is 1.29 bits per heavy atom. The first-order valence-electron chi connectivity index (χ1n) is 17.9. The van der Waals surface area contributed by atoms with Crippen LogP contribution in [0.15, 0.2) is 92.4 Å². The highest BCUT2D eigenvalue weighted by atomic mass is 32.2. The largest absolute Gasteiger partial charge is 0.486 e. The average Bonchev–Trinajstić information content (AvgIpc) is 3.12. The molecule has 25 heteroatoms. The zero-order valence-corrected chi connectivity index (χ0v) is 36.8. The second-order valence-electron chi connectivity index (χ2n) is 15.2. The molecule has 0 aliphatic rings. The normalized spacial score (nSPS) is 13.8. The Labute approximate surface area is 358 Å². The maximum absolute atomic E-state index is 15.2. The molecule has 0 aliphatic carbocycles. The Hall–Kier alpha value is -4.63. The molecule has 0 saturated heterocycles. The van der Waals surface area contributed by atoms with Crippen LogP contribution in [0.3, 0.4) is 0 Å². The van der Waals surface area contributed by atoms with E-state index in [-0.39, 0.29) is 42.3 Å². The summed E-state index contributed by atoms with van der Waals surface area (Å²) in [5.74, 6) is -4.44. The van der Waals surface area contributed by atoms with Crippen molar-refractivity contribution in [3.05, 3.63) is 101 Å². The number of ether oxygens (including phenoxy) is 2. The second-order valence-corrected chi connectivity index (χ2v) is 20.8. The third-order valence-corrected chi connectivity index (χ3v) is 13.8. The van der Waals surface area contributed by atoms with Crippen LogP contribution in [0.4, 0.5) is 26.3 Å². The zero-order valence-electron chi connectivity index (χ0n) is 33.5. The molecule has 0 amide bonds. The highest BCUT2D eigenvalue weighted by Gasteiger charge is 2.73. The van der Waals surface area contributed by atoms with E-state index in [0.29, 0.717) is 24.6 Å². The number of benzene rings is 4. The average molecular weight is 977 g/mol. The number of alkyl halides is 6. The van der Waals surface area contributed by atoms with Gasteiger partial charge in [0.15, 0.2) is 5.78 Å². The van der Waals surface area contributed by atoms with Crippen molar-refractivity contribution in [1.29, 1.82) is 0 Å². The van der Waals surface area contributed by atoms with Gasteiger partial charge in [-0.3, -0.25) is 23.0 Å². The van der Waals surface area contributed by atoms with Crippen LogP contribution in [0.25, 0.3) is 0 Å². The molecule has 0 aromatic heterocycles. The Kier molecular flexibility index (Phi) is 13.5. The van der Waals surface area contributed by atoms with Crippen LogP contribution in [0.1, 0.15) is 87.0 Å². The third kappa shape index (κ3) is 10.3. The lowest BCUT2D eigenvalue weighted by Crippen LogP contribution is -2.55. The number of rotatable bonds is 15. The molecule has 4 rings (SSSR count). The highest BCUT2D eigenvalue weighted by molar-refractivity contribution is 7.86. The van der Waals surface area contributed by atoms with Gasteiger partial charge in [0.1, 0.15) is 37.5 Å². The summed E-state index contributed by atoms with van der Waals surface area (Å²) in [7, 11) is -22.1. The molecule has 4 aromatic rings. The molecule has 0 aliphatic heterocycles. The molecule has 346 valence electrons. The van der Waals surface area contributed by atoms with Gasteiger partial charge in [-0.05, 0) is 97.3 Å². The molecular weight excluding hydrogens is 939 g/mol. The van der Waals surface area contributed by atoms with Gasteiger partial charge < -0.3 is 9.47 Å². The number of ketones is 1. The van der Waals surface area contributed by atoms with Gasteiger partial charge in [-0.1, -0.05) is 52.0 Å². The molecule has 0 saturated carbocycles. The molecule has 0 bridgehead atoms. The van der Waals surface area contributed by atoms with Gasteiger partial charge in [0.25, 0.3) is 40.5 Å². The van der Waals surface area contributed by atoms with Crippen LogP contribution in [0, 0.1) is 0 Å². The minimum atomic E-state index is -6.53. The standard InChI is InChI=1S/C38H38F6O15S4/c1-7-34(3,4)25-13-9-21(17-29(25)60(46,47)48)33(45)22-10-14-26(30(18-22)61(49,50)51)58-27-15-11-23(19-31(27)62(52,53)54)36(37(39,40)41,38(42,43)44)24-12-16-28(59-35(5,6)8-2)32(20-24)63(55,56)57/h9-20H,7-8H2,1-6H3,(H,46,47,48)(H,49,50,51)(H,52,53,54)(H,55,56,57). The number of carbonyl (C=O) groups excluding carboxylic acids is 1. The van der Waals surface area contributed by atoms with Gasteiger partial charge in [0.2, 0.25) is 5.41 Å². The summed E-state index contributed by atoms with van der Waals surface area (Å²) in [6.07, 6.45) is -12.6. The van der Waals surface area contributed by atoms with Gasteiger partial charge in [-0.2, -0.15) is 60.0 Å². The fourth-order valence-electron chi connectivity index (χ4n) is 6.25. The molecule has 4 aromatic carbocycles. The summed E-state index contributed by atoms with van der Waals surface area (Å²) in [6, 6.07) is 5.16. The van der Waals surface area contributed by atoms with Crippen molar-refractivity contribution in [3.8, 4) is 17.2 Å². The van der Waals surface area contributed by atoms with E-state index in [0.717, 1.165) is 18.2 Å². The van der Waals surface area contributed by atoms with Crippen molar-refractivity contribution in [2.45, 2.75) is 103 Å². The Morgan fingerprint density at radius 2 is 0.889 bits per heavy atom. The number of carbonyl (C=O) groups is 1. The first-order chi connectivity index (χ1) is 28.3. The van der Waals surface area contributed by atoms with Crippen molar-refractivity contribution in [2.24, 2.45) is 0 Å². The number of hydrogen-bond acceptors (Lipinski definition) is 11. The molecule has 0 atom stereocenters. The van der Waals surface area contributed by atoms with Gasteiger partial charge in [-0.25, -0.2) is 0 Å². The first kappa shape index (κ1) is 51.0. The fraction of sp³-hybridized carbons (Fsp3) is 0.342. The SMILES string of the molecule is CCC(C)(C)Oc1ccc(C(c2ccc(Oc3ccc(C(=O)c4ccc(C(C)(C)CC)c(S(=O)(=O)O)c4)cc3S(=O)(=O)O)c(S(=O)(=O)O)c2)(C(F)(F)F)C(F)(F)F)cc1S(=O)(=O)O. The molecule has 0 radical (unpaired) electrons. The highest BCUT2D eigenvalue weighted by Crippen LogP contribution is 2.57. The van der Waals surface area contributed by atoms with Crippen LogP contribution >= 0.6 is 0 Å². The van der Waals surface area contributed by atoms with Crippen molar-refractivity contribution in [3.63, 3.8) is 0 Å². The van der Waals surface area contributed by atoms with E-state index in [1.165, 1.54) is 19.9 Å². The smallest absolute Gasteiger partial charge is 0.411 e. The minimum absolute atomic E-state index is 0.00398. The molecule has 0 unspecified atom stereocenters. The summed E-state index contributed by atoms with van der Waals surface area (Å²) < 4.78 is 241. The lowest BCUT2D eigenvalue weighted by atomic mass is 9.73. The topological polar surface area (TPSA) is 253 Å². The lowest BCUT2D eigenvalue weighted by molar-refractivity contribution is -0.288. The van der Waals surface area contributed by atoms with E-state index in [2.05, 4.69) is 0 Å². The molecule has 0 fully saturated rings. The Bertz CT molecular complexity index is 2910. The van der Waals surface area contributed by atoms with Crippen molar-refractivity contribution < 1.29 is 92.5 Å². The Morgan fingerprint density at radius 1 is 0.524 bits per heavy atom. The molecule has 15 nitrogen and oxygen atoms in total. The van der Waals surface area contributed by atoms with Crippen molar-refractivity contribution in [1.82, 2.24) is 0 Å². The van der Waals surface area contributed by atoms with E-state index in [4.69, 9.17) is 9.47 Å². The van der Waals surface area contributed by atoms with E-state index in [1.807, 2.05) is 0 Å². The maximum Gasteiger partial charge on any atom is 0.411 e. The van der Waals surface area contributed by atoms with Crippen LogP contribution < -0.4 is 9.47 Å². The zero-order chi connectivity index (χ0) is 48.3. The molecule has 4 N–H and O–H groups in total. The van der Waals surface area contributed by atoms with Crippen LogP contribution in [-0.2, 0) is 51.3 Å². The number of hydrogen-bond donors (Lipinski definition) is 4. The maximum atomic E-state index is 15.2. The first-order valence-corrected chi connectivity index (χ1v) is 23.6. The van der Waals surface area contributed by atoms with Crippen LogP contribution in [0.2, 0.25) is 0 Å². The Balaban J connectivity index is 1.97. The summed E-state index contributed by atoms with van der Waals surface area (Å²) in [6.45, 7) is 9.32. The van der Waals surface area contributed by atoms with Gasteiger partial charge >= 0.3 is 12.4 Å². The van der Waals surface area contributed by atoms with Crippen LogP contribution in [0.5, 0.6) is 17.2 Å². The second kappa shape index (κ2) is 16.7. The van der Waals surface area contributed by atoms with Crippen LogP contribution in [-0.4, -0.2) is 75.6 Å². The van der Waals surface area contributed by atoms with Gasteiger partial charge in [0.05, 0.1) is 4.90 Å². The molecule has 63 heavy (non-hydrogen) atoms. The molecular formula is C38H38F6O15S4. The quantitative estimate of drug-likeness (QED) is 0.0496. The third-order valence-electron chi connectivity index (χ3n) is 10.2. The fourth-order valence-corrected chi connectivity index (χ4v) is 9.07. The lowest BCUT2D eigenvalue weighted by Gasteiger charge is -2.39. The monoisotopic (exact) mass is 976 g/mol. The predicted octanol–water partition coefficient (Wildman–Crippen LogP) is 8.36. The summed E-state index contributed by atoms with van der Waals surface area (Å²) in [5, 5.41) is 0. The summed E-state index contributed by atoms with van der Waals surface area (Å²) in [4.78, 5) is 8.11. The molecule has 0 spiro atoms. The summed E-state index contributed by atoms with van der Waals surface area (Å²) >= 11 is 0. The molecule has 0 heterocycles. The van der Waals surface area contributed by atoms with E-state index in [1.54, 1.807) is 27.7 Å². The summed E-state index contributed by atoms with van der Waals surface area (Å²) in [5.41, 5.74) is -12.4. The van der Waals surface area contributed by atoms with Crippen molar-refractivity contribution in [2.75, 3.05) is 0 Å². The van der Waals surface area contributed by atoms with E-state index in [9.17, 15) is 56.7 Å².